The summed E-state index contributed by atoms with van der Waals surface area (Å²) in [4.78, 5) is 8.77. The number of nitrogens with zero attached hydrogens (tertiary/aromatic N) is 2. The molecule has 0 aliphatic carbocycles. The first kappa shape index (κ1) is 30.2. The predicted molar refractivity (Wildman–Crippen MR) is 130 cm³/mol. The van der Waals surface area contributed by atoms with Crippen LogP contribution in [0.15, 0.2) is 58.5 Å². The van der Waals surface area contributed by atoms with Crippen LogP contribution in [0.25, 0.3) is 0 Å². The molecule has 2 aromatic rings. The Kier molecular flexibility index (Phi) is 9.43. The van der Waals surface area contributed by atoms with Gasteiger partial charge < -0.3 is 18.9 Å². The molecular weight excluding hydrogens is 570 g/mol. The molecule has 0 saturated heterocycles. The summed E-state index contributed by atoms with van der Waals surface area (Å²) in [6.45, 7) is 0.476. The lowest BCUT2D eigenvalue weighted by Crippen LogP contribution is -2.33. The van der Waals surface area contributed by atoms with E-state index >= 15 is 0 Å². The number of aryl methyl sites for hydroxylation is 2. The van der Waals surface area contributed by atoms with E-state index in [4.69, 9.17) is 9.47 Å². The summed E-state index contributed by atoms with van der Waals surface area (Å²) in [7, 11) is 0. The first-order valence-corrected chi connectivity index (χ1v) is 12.5. The summed E-state index contributed by atoms with van der Waals surface area (Å²) in [6.07, 6.45) is -15.4. The zero-order valence-corrected chi connectivity index (χ0v) is 21.2. The Bertz CT molecular complexity index is 1150. The Morgan fingerprint density at radius 2 is 1.15 bits per heavy atom. The van der Waals surface area contributed by atoms with Crippen LogP contribution in [-0.2, 0) is 22.3 Å². The maximum absolute atomic E-state index is 13.2. The van der Waals surface area contributed by atoms with Crippen molar-refractivity contribution < 1.29 is 54.1 Å². The number of hydrogen-bond donors (Lipinski definition) is 1. The fourth-order valence-corrected chi connectivity index (χ4v) is 3.95. The highest BCUT2D eigenvalue weighted by Gasteiger charge is 2.44. The van der Waals surface area contributed by atoms with Gasteiger partial charge in [-0.25, -0.2) is 9.98 Å². The highest BCUT2D eigenvalue weighted by atomic mass is 19.3. The largest absolute Gasteiger partial charge is 0.463 e. The number of halogens is 8. The number of benzene rings is 2. The second-order valence-electron chi connectivity index (χ2n) is 9.22. The van der Waals surface area contributed by atoms with Gasteiger partial charge in [0, 0.05) is 0 Å². The van der Waals surface area contributed by atoms with Crippen LogP contribution >= 0.6 is 0 Å². The van der Waals surface area contributed by atoms with Crippen LogP contribution in [0.4, 0.5) is 35.1 Å². The normalized spacial score (nSPS) is 19.1. The van der Waals surface area contributed by atoms with Crippen molar-refractivity contribution in [3.63, 3.8) is 0 Å². The van der Waals surface area contributed by atoms with Gasteiger partial charge in [0.1, 0.15) is 24.7 Å². The number of alkyl halides is 8. The van der Waals surface area contributed by atoms with Gasteiger partial charge in [0.25, 0.3) is 12.0 Å². The van der Waals surface area contributed by atoms with Crippen molar-refractivity contribution in [2.24, 2.45) is 9.98 Å². The Balaban J connectivity index is 1.23. The van der Waals surface area contributed by atoms with E-state index in [9.17, 15) is 35.1 Å². The molecule has 0 fully saturated rings. The fourth-order valence-electron chi connectivity index (χ4n) is 3.95. The number of amidine groups is 2. The third-order valence-electron chi connectivity index (χ3n) is 5.98. The molecule has 0 aromatic heterocycles. The lowest BCUT2D eigenvalue weighted by Gasteiger charge is -2.17. The van der Waals surface area contributed by atoms with Gasteiger partial charge >= 0.3 is 25.1 Å². The Hall–Kier alpha value is -3.78. The third kappa shape index (κ3) is 8.60. The number of ether oxygens (including phenoxy) is 4. The van der Waals surface area contributed by atoms with Crippen molar-refractivity contribution in [2.75, 3.05) is 13.2 Å². The van der Waals surface area contributed by atoms with Gasteiger partial charge in [0.2, 0.25) is 0 Å². The number of nitrogens with one attached hydrogen (secondary N) is 1. The predicted octanol–water partition coefficient (Wildman–Crippen LogP) is 5.82. The minimum atomic E-state index is -4.59. The van der Waals surface area contributed by atoms with Crippen LogP contribution in [0.2, 0.25) is 0 Å². The van der Waals surface area contributed by atoms with Gasteiger partial charge in [-0.2, -0.15) is 35.1 Å². The van der Waals surface area contributed by atoms with Gasteiger partial charge in [0.15, 0.2) is 0 Å². The second-order valence-corrected chi connectivity index (χ2v) is 9.22. The molecule has 0 radical (unpaired) electrons. The zero-order chi connectivity index (χ0) is 29.6. The average molecular weight is 595 g/mol. The van der Waals surface area contributed by atoms with E-state index in [0.29, 0.717) is 36.8 Å². The standard InChI is InChI=1S/C26H25F8N3O4/c27-21(28)25(31,32)40-19-5-1-3-15(11-19)7-9-17-13-38-23(35-17)37-24-36-18(14-39-24)10-8-16-4-2-6-20(12-16)41-26(33,34)22(29)30/h1-6,11-12,17-18,21-22H,7-10,13-14H2,(H,35,36,37). The summed E-state index contributed by atoms with van der Waals surface area (Å²) in [5, 5.41) is 2.83. The molecule has 15 heteroatoms. The molecule has 2 heterocycles. The van der Waals surface area contributed by atoms with Crippen LogP contribution in [0.1, 0.15) is 24.0 Å². The van der Waals surface area contributed by atoms with Gasteiger partial charge in [-0.1, -0.05) is 24.3 Å². The van der Waals surface area contributed by atoms with Gasteiger partial charge in [-0.3, -0.25) is 5.32 Å². The maximum atomic E-state index is 13.2. The monoisotopic (exact) mass is 595 g/mol. The highest BCUT2D eigenvalue weighted by molar-refractivity contribution is 5.94. The minimum absolute atomic E-state index is 0.174. The van der Waals surface area contributed by atoms with E-state index in [2.05, 4.69) is 24.8 Å². The third-order valence-corrected chi connectivity index (χ3v) is 5.98. The van der Waals surface area contributed by atoms with Gasteiger partial charge in [0.05, 0.1) is 12.1 Å². The zero-order valence-electron chi connectivity index (χ0n) is 21.2. The van der Waals surface area contributed by atoms with Crippen LogP contribution in [0, 0.1) is 0 Å². The average Bonchev–Trinajstić information content (AvgIpc) is 3.55. The van der Waals surface area contributed by atoms with Crippen LogP contribution in [0.5, 0.6) is 11.5 Å². The number of rotatable bonds is 12. The molecule has 4 rings (SSSR count). The molecule has 2 atom stereocenters. The molecule has 2 aliphatic rings. The fraction of sp³-hybridized carbons (Fsp3) is 0.462. The van der Waals surface area contributed by atoms with Crippen LogP contribution in [-0.4, -0.2) is 62.4 Å². The summed E-state index contributed by atoms with van der Waals surface area (Å²) in [5.74, 6) is -0.747. The van der Waals surface area contributed by atoms with E-state index in [1.54, 1.807) is 12.1 Å². The Morgan fingerprint density at radius 3 is 1.54 bits per heavy atom. The van der Waals surface area contributed by atoms with Gasteiger partial charge in [-0.05, 0) is 61.1 Å². The van der Waals surface area contributed by atoms with Crippen molar-refractivity contribution in [2.45, 2.75) is 62.8 Å². The SMILES string of the molecule is FC(F)C(F)(F)Oc1cccc(CCC2COC(NC3=NC(CCc4cccc(OC(F)(F)C(F)F)c4)CO3)=N2)c1. The number of aliphatic imine (C=N–C) groups is 2. The lowest BCUT2D eigenvalue weighted by molar-refractivity contribution is -0.253. The first-order chi connectivity index (χ1) is 19.4. The van der Waals surface area contributed by atoms with E-state index in [1.807, 2.05) is 0 Å². The summed E-state index contributed by atoms with van der Waals surface area (Å²) >= 11 is 0. The van der Waals surface area contributed by atoms with Crippen molar-refractivity contribution in [1.29, 1.82) is 0 Å². The molecule has 41 heavy (non-hydrogen) atoms. The lowest BCUT2D eigenvalue weighted by atomic mass is 10.1. The van der Waals surface area contributed by atoms with Crippen molar-refractivity contribution in [3.05, 3.63) is 59.7 Å². The van der Waals surface area contributed by atoms with Crippen LogP contribution < -0.4 is 14.8 Å². The molecule has 2 aliphatic heterocycles. The molecular formula is C26H25F8N3O4. The van der Waals surface area contributed by atoms with Gasteiger partial charge in [-0.15, -0.1) is 0 Å². The summed E-state index contributed by atoms with van der Waals surface area (Å²) < 4.78 is 121. The Morgan fingerprint density at radius 1 is 0.732 bits per heavy atom. The molecule has 1 N–H and O–H groups in total. The quantitative estimate of drug-likeness (QED) is 0.313. The molecule has 2 unspecified atom stereocenters. The molecule has 0 amide bonds. The van der Waals surface area contributed by atoms with E-state index in [1.165, 1.54) is 24.3 Å². The maximum Gasteiger partial charge on any atom is 0.461 e. The molecule has 7 nitrogen and oxygen atoms in total. The van der Waals surface area contributed by atoms with E-state index < -0.39 is 25.1 Å². The highest BCUT2D eigenvalue weighted by Crippen LogP contribution is 2.29. The van der Waals surface area contributed by atoms with Crippen molar-refractivity contribution in [1.82, 2.24) is 5.32 Å². The smallest absolute Gasteiger partial charge is 0.461 e. The van der Waals surface area contributed by atoms with Crippen molar-refractivity contribution in [3.8, 4) is 11.5 Å². The molecule has 0 bridgehead atoms. The topological polar surface area (TPSA) is 73.7 Å². The summed E-state index contributed by atoms with van der Waals surface area (Å²) in [5.41, 5.74) is 1.19. The van der Waals surface area contributed by atoms with E-state index in [-0.39, 0.29) is 48.8 Å². The molecule has 0 spiro atoms. The number of hydrogen-bond acceptors (Lipinski definition) is 7. The van der Waals surface area contributed by atoms with Crippen molar-refractivity contribution >= 4 is 12.0 Å². The Labute approximate surface area is 229 Å². The van der Waals surface area contributed by atoms with E-state index in [0.717, 1.165) is 12.1 Å². The summed E-state index contributed by atoms with van der Waals surface area (Å²) in [6, 6.07) is 10.8. The molecule has 0 saturated carbocycles. The second kappa shape index (κ2) is 12.8. The minimum Gasteiger partial charge on any atom is -0.463 e. The molecule has 2 aromatic carbocycles. The molecule has 224 valence electrons. The van der Waals surface area contributed by atoms with Crippen LogP contribution in [0.3, 0.4) is 0 Å². The first-order valence-electron chi connectivity index (χ1n) is 12.5.